The molecule has 47 heteroatoms. The maximum atomic E-state index is 15.2. The molecular weight excluding hydrogens is 1910 g/mol. The number of nitrogen functional groups attached to an aromatic ring is 1. The van der Waals surface area contributed by atoms with Crippen molar-refractivity contribution in [3.63, 3.8) is 0 Å². The number of nitrogens with zero attached hydrogens (tertiary/aromatic N) is 8. The molecule has 10 amide bonds. The molecule has 0 aliphatic carbocycles. The number of aromatic amines is 3. The lowest BCUT2D eigenvalue weighted by atomic mass is 9.90. The summed E-state index contributed by atoms with van der Waals surface area (Å²) in [7, 11) is 0. The van der Waals surface area contributed by atoms with Crippen LogP contribution in [0.25, 0.3) is 11.2 Å². The Balaban J connectivity index is 0.957. The summed E-state index contributed by atoms with van der Waals surface area (Å²) in [5, 5.41) is 80.3. The number of carbonyl (C=O) groups excluding carboxylic acids is 14. The van der Waals surface area contributed by atoms with Crippen LogP contribution >= 0.6 is 22.6 Å². The van der Waals surface area contributed by atoms with Gasteiger partial charge in [-0.05, 0) is 161 Å². The molecule has 2 bridgehead atoms. The fraction of sp³-hybridized carbons (Fsp3) is 0.473. The SMILES string of the molecule is C[C@H](O)[C@H]1NC(=O)[C@@H](Cc2cnc[nH]2)CC(=O)[C@@H](CO)NC(=O)[C@@H](Cc2cnc[nH]2)NC(=O)[C@@H](NC(=O)CC[C@H](CC(=O)c2ccc(NCc3cnc4nc(N)[nH]c(=O)c4n3)cc2)C(=O)O)Cc2cn(nn2)CCCC[C@@H](C(=O)C[C@@H](CCCCNC(=O)CCCc2ccc(I)cc2)C(=O)NCC(=O)C[C@@H](Cc2ccccc2)C(=O)N[C@@H](CCCCNC(=O)CON)C(=O)O)NC(=O)[C@@H](C)NC1=O. The van der Waals surface area contributed by atoms with Gasteiger partial charge in [-0.15, -0.1) is 5.10 Å². The number of imidazole rings is 2. The predicted octanol–water partition coefficient (Wildman–Crippen LogP) is -0.0420. The molecule has 12 atom stereocenters. The van der Waals surface area contributed by atoms with E-state index >= 15 is 4.79 Å². The zero-order valence-electron chi connectivity index (χ0n) is 76.2. The highest BCUT2D eigenvalue weighted by molar-refractivity contribution is 14.1. The molecule has 1 aliphatic heterocycles. The molecule has 0 spiro atoms. The molecule has 740 valence electrons. The minimum atomic E-state index is -1.86. The van der Waals surface area contributed by atoms with Gasteiger partial charge in [-0.25, -0.2) is 30.6 Å². The van der Waals surface area contributed by atoms with Crippen LogP contribution in [0.3, 0.4) is 0 Å². The van der Waals surface area contributed by atoms with Gasteiger partial charge >= 0.3 is 11.9 Å². The number of aromatic nitrogens is 11. The van der Waals surface area contributed by atoms with Gasteiger partial charge in [0.05, 0.1) is 73.9 Å². The highest BCUT2D eigenvalue weighted by Gasteiger charge is 2.38. The number of fused-ring (bicyclic) bond motifs is 3. The number of hydrogen-bond acceptors (Lipinski definition) is 30. The van der Waals surface area contributed by atoms with Crippen molar-refractivity contribution < 1.29 is 102 Å². The summed E-state index contributed by atoms with van der Waals surface area (Å²) in [6, 6.07) is 11.1. The van der Waals surface area contributed by atoms with Crippen LogP contribution in [-0.4, -0.2) is 251 Å². The fourth-order valence-corrected chi connectivity index (χ4v) is 15.6. The van der Waals surface area contributed by atoms with Crippen LogP contribution in [0.1, 0.15) is 167 Å². The van der Waals surface area contributed by atoms with E-state index in [1.54, 1.807) is 42.5 Å². The number of rotatable bonds is 46. The zero-order valence-corrected chi connectivity index (χ0v) is 78.3. The van der Waals surface area contributed by atoms with Gasteiger partial charge in [0.2, 0.25) is 65.0 Å². The topological polar surface area (TPSA) is 707 Å². The van der Waals surface area contributed by atoms with Gasteiger partial charge in [-0.2, -0.15) is 4.98 Å². The summed E-state index contributed by atoms with van der Waals surface area (Å²) in [5.74, 6) is -14.6. The Morgan fingerprint density at radius 3 is 2.02 bits per heavy atom. The number of benzene rings is 3. The van der Waals surface area contributed by atoms with Crippen LogP contribution in [0, 0.1) is 27.2 Å². The molecule has 0 unspecified atom stereocenters. The van der Waals surface area contributed by atoms with Gasteiger partial charge in [0.25, 0.3) is 5.56 Å². The number of hydrogen-bond donors (Lipinski definition) is 20. The van der Waals surface area contributed by atoms with Crippen LogP contribution in [0.4, 0.5) is 11.6 Å². The number of aliphatic carboxylic acids is 2. The molecule has 46 nitrogen and oxygen atoms in total. The highest BCUT2D eigenvalue weighted by Crippen LogP contribution is 2.24. The van der Waals surface area contributed by atoms with E-state index in [0.717, 1.165) is 16.1 Å². The normalized spacial score (nSPS) is 18.3. The Hall–Kier alpha value is -14.1. The van der Waals surface area contributed by atoms with Crippen molar-refractivity contribution in [3.8, 4) is 0 Å². The monoisotopic (exact) mass is 2020 g/mol. The van der Waals surface area contributed by atoms with Crippen molar-refractivity contribution in [1.29, 1.82) is 0 Å². The molecule has 5 aromatic heterocycles. The number of aliphatic hydroxyl groups is 2. The third kappa shape index (κ3) is 35.9. The van der Waals surface area contributed by atoms with E-state index < -0.39 is 231 Å². The number of carbonyl (C=O) groups is 16. The Labute approximate surface area is 804 Å². The minimum absolute atomic E-state index is 0.0201. The number of halogens is 1. The molecule has 22 N–H and O–H groups in total. The van der Waals surface area contributed by atoms with Crippen LogP contribution in [0.5, 0.6) is 0 Å². The van der Waals surface area contributed by atoms with Crippen molar-refractivity contribution in [3.05, 3.63) is 170 Å². The first-order chi connectivity index (χ1) is 66.2. The van der Waals surface area contributed by atoms with Crippen LogP contribution < -0.4 is 75.7 Å². The van der Waals surface area contributed by atoms with Gasteiger partial charge in [0, 0.05) is 134 Å². The number of nitrogens with two attached hydrogens (primary N) is 2. The number of H-pyrrole nitrogens is 3. The fourth-order valence-electron chi connectivity index (χ4n) is 15.2. The smallest absolute Gasteiger partial charge is 0.326 e. The molecule has 0 saturated heterocycles. The first-order valence-electron chi connectivity index (χ1n) is 45.2. The Bertz CT molecular complexity index is 5530. The zero-order chi connectivity index (χ0) is 99.7. The maximum absolute atomic E-state index is 15.2. The van der Waals surface area contributed by atoms with Crippen LogP contribution in [-0.2, 0) is 122 Å². The molecule has 138 heavy (non-hydrogen) atoms. The van der Waals surface area contributed by atoms with Crippen molar-refractivity contribution in [2.45, 2.75) is 217 Å². The number of carboxylic acid groups (broad SMARTS) is 2. The van der Waals surface area contributed by atoms with E-state index in [-0.39, 0.29) is 142 Å². The van der Waals surface area contributed by atoms with E-state index in [9.17, 15) is 97.1 Å². The van der Waals surface area contributed by atoms with Crippen LogP contribution in [0.2, 0.25) is 0 Å². The number of aliphatic hydroxyl groups excluding tert-OH is 2. The predicted molar refractivity (Wildman–Crippen MR) is 502 cm³/mol. The molecule has 0 saturated carbocycles. The third-order valence-electron chi connectivity index (χ3n) is 22.9. The summed E-state index contributed by atoms with van der Waals surface area (Å²) in [4.78, 5) is 270. The lowest BCUT2D eigenvalue weighted by molar-refractivity contribution is -0.143. The summed E-state index contributed by atoms with van der Waals surface area (Å²) < 4.78 is 2.42. The maximum Gasteiger partial charge on any atom is 0.326 e. The molecule has 6 heterocycles. The van der Waals surface area contributed by atoms with Gasteiger partial charge in [0.1, 0.15) is 42.9 Å². The second-order valence-corrected chi connectivity index (χ2v) is 35.0. The van der Waals surface area contributed by atoms with Gasteiger partial charge < -0.3 is 94.6 Å². The second-order valence-electron chi connectivity index (χ2n) is 33.8. The lowest BCUT2D eigenvalue weighted by Crippen LogP contribution is -2.58. The number of ketones is 4. The molecule has 0 fully saturated rings. The standard InChI is InChI=1S/C91H117IN24O22/c1-51-81(126)107-67(73(121)36-56(16-6-9-30-97-75(123)19-12-15-53-20-25-60(92)26-21-53)82(127)101-45-66(119)35-58(33-54-13-4-3-5-14-54)83(128)108-68(90(136)137)18-7-10-31-98-77(125)48-138-94)17-8-11-32-116-46-64(114-115-116)40-69(106-76(124)29-24-57(89(134)135)37-72(120)55-22-27-61(28-23-55)99-43-65-44-100-80-79(105-65)88(133)113-91(93)112-80)85(130)109-70(39-63-42-96-50-103-63)86(131)110-71(47-117)74(122)38-59(34-62-41-95-49-102-62)84(129)111-78(52(2)118)87(132)104-51/h3-5,13-14,20-23,25-28,41-42,44,46,49-52,56-59,67-71,78,99,117-118H,6-12,15-19,24,29-40,43,45,47-48,94H2,1-2H3,(H,95,102)(H,96,103)(H,97,123)(H,98,125)(H,101,127)(H,104,132)(H,106,124)(H,107,126)(H,108,128)(H,109,130)(H,110,131)(H,111,129)(H,134,135)(H,136,137)(H3,93,100,112,113,133)/t51-,52+,56-,57-,58-,59+,67+,68+,69+,70-,71-,78-/m1/s1. The number of amides is 10. The largest absolute Gasteiger partial charge is 0.481 e. The van der Waals surface area contributed by atoms with E-state index in [0.29, 0.717) is 42.6 Å². The van der Waals surface area contributed by atoms with Crippen LogP contribution in [0.15, 0.2) is 121 Å². The molecule has 0 radical (unpaired) electrons. The Morgan fingerprint density at radius 1 is 0.652 bits per heavy atom. The third-order valence-corrected chi connectivity index (χ3v) is 23.6. The Kier molecular flexibility index (Phi) is 43.1. The first kappa shape index (κ1) is 108. The average molecular weight is 2030 g/mol. The number of carboxylic acids is 2. The number of anilines is 2. The minimum Gasteiger partial charge on any atom is -0.481 e. The molecule has 3 aromatic carbocycles. The van der Waals surface area contributed by atoms with E-state index in [1.807, 2.05) is 24.3 Å². The summed E-state index contributed by atoms with van der Waals surface area (Å²) >= 11 is 2.20. The van der Waals surface area contributed by atoms with Crippen molar-refractivity contribution in [1.82, 2.24) is 108 Å². The molecule has 8 aromatic rings. The molecular formula is C91H117IN24O22. The number of aryl methyl sites for hydroxylation is 2. The van der Waals surface area contributed by atoms with E-state index in [1.165, 1.54) is 61.2 Å². The van der Waals surface area contributed by atoms with Crippen molar-refractivity contribution in [2.24, 2.45) is 29.6 Å². The van der Waals surface area contributed by atoms with Gasteiger partial charge in [-0.1, -0.05) is 54.1 Å². The van der Waals surface area contributed by atoms with Crippen molar-refractivity contribution in [2.75, 3.05) is 43.9 Å². The summed E-state index contributed by atoms with van der Waals surface area (Å²) in [5.41, 5.74) is 8.32. The van der Waals surface area contributed by atoms with E-state index in [4.69, 9.17) is 11.6 Å². The number of nitrogens with one attached hydrogen (secondary N) is 14. The second kappa shape index (κ2) is 55.2. The summed E-state index contributed by atoms with van der Waals surface area (Å²) in [6.45, 7) is 0.696. The Morgan fingerprint density at radius 2 is 1.35 bits per heavy atom. The quantitative estimate of drug-likeness (QED) is 0.0103. The van der Waals surface area contributed by atoms with E-state index in [2.05, 4.69) is 136 Å². The first-order valence-corrected chi connectivity index (χ1v) is 46.3. The van der Waals surface area contributed by atoms with Crippen molar-refractivity contribution >= 4 is 140 Å². The molecule has 1 aliphatic rings. The summed E-state index contributed by atoms with van der Waals surface area (Å²) in [6.07, 6.45) is 4.23. The highest BCUT2D eigenvalue weighted by atomic mass is 127. The van der Waals surface area contributed by atoms with Gasteiger partial charge in [-0.3, -0.25) is 91.2 Å². The number of Topliss-reactive ketones (excluding diaryl/α,β-unsaturated/α-hetero) is 4. The number of unbranched alkanes of at least 4 members (excludes halogenated alkanes) is 2. The lowest BCUT2D eigenvalue weighted by Gasteiger charge is -2.27. The van der Waals surface area contributed by atoms with Gasteiger partial charge in [0.15, 0.2) is 34.3 Å². The molecule has 9 rings (SSSR count). The average Bonchev–Trinajstić information content (AvgIpc) is 0.974.